The van der Waals surface area contributed by atoms with Gasteiger partial charge in [-0.1, -0.05) is 6.07 Å². The molecular weight excluding hydrogens is 446 g/mol. The molecule has 12 nitrogen and oxygen atoms in total. The van der Waals surface area contributed by atoms with Gasteiger partial charge in [0.05, 0.1) is 6.33 Å². The highest BCUT2D eigenvalue weighted by molar-refractivity contribution is 5.83. The Labute approximate surface area is 193 Å². The van der Waals surface area contributed by atoms with Gasteiger partial charge >= 0.3 is 11.7 Å². The highest BCUT2D eigenvalue weighted by atomic mass is 16.7. The fourth-order valence-electron chi connectivity index (χ4n) is 3.65. The van der Waals surface area contributed by atoms with Gasteiger partial charge in [-0.05, 0) is 31.0 Å². The molecule has 1 aliphatic rings. The van der Waals surface area contributed by atoms with Crippen molar-refractivity contribution in [2.45, 2.75) is 39.0 Å². The summed E-state index contributed by atoms with van der Waals surface area (Å²) in [5, 5.41) is 2.73. The number of fused-ring (bicyclic) bond motifs is 2. The number of esters is 1. The maximum atomic E-state index is 12.5. The molecule has 180 valence electrons. The molecule has 0 bridgehead atoms. The summed E-state index contributed by atoms with van der Waals surface area (Å²) in [7, 11) is 2.94. The summed E-state index contributed by atoms with van der Waals surface area (Å²) < 4.78 is 19.7. The molecule has 34 heavy (non-hydrogen) atoms. The Hall–Kier alpha value is -4.09. The van der Waals surface area contributed by atoms with Gasteiger partial charge in [-0.2, -0.15) is 0 Å². The van der Waals surface area contributed by atoms with Gasteiger partial charge < -0.3 is 24.1 Å². The zero-order chi connectivity index (χ0) is 24.4. The van der Waals surface area contributed by atoms with E-state index in [1.807, 2.05) is 6.07 Å². The number of ether oxygens (including phenoxy) is 3. The third kappa shape index (κ3) is 4.51. The van der Waals surface area contributed by atoms with Crippen molar-refractivity contribution in [2.24, 2.45) is 14.1 Å². The zero-order valence-corrected chi connectivity index (χ0v) is 19.1. The highest BCUT2D eigenvalue weighted by Gasteiger charge is 2.19. The van der Waals surface area contributed by atoms with Crippen molar-refractivity contribution in [3.05, 3.63) is 50.9 Å². The second kappa shape index (κ2) is 9.41. The molecule has 1 aromatic carbocycles. The number of rotatable bonds is 8. The average molecular weight is 471 g/mol. The van der Waals surface area contributed by atoms with E-state index in [9.17, 15) is 19.2 Å². The molecule has 3 aromatic rings. The molecule has 0 radical (unpaired) electrons. The van der Waals surface area contributed by atoms with E-state index >= 15 is 0 Å². The molecule has 0 saturated carbocycles. The summed E-state index contributed by atoms with van der Waals surface area (Å²) in [5.41, 5.74) is 0.480. The van der Waals surface area contributed by atoms with E-state index in [-0.39, 0.29) is 30.9 Å². The molecule has 0 unspecified atom stereocenters. The normalized spacial score (nSPS) is 13.1. The monoisotopic (exact) mass is 471 g/mol. The lowest BCUT2D eigenvalue weighted by Crippen LogP contribution is -2.37. The van der Waals surface area contributed by atoms with Gasteiger partial charge in [0.25, 0.3) is 11.5 Å². The van der Waals surface area contributed by atoms with Gasteiger partial charge in [-0.15, -0.1) is 0 Å². The van der Waals surface area contributed by atoms with Crippen LogP contribution in [0.25, 0.3) is 11.2 Å². The van der Waals surface area contributed by atoms with E-state index in [1.165, 1.54) is 31.9 Å². The van der Waals surface area contributed by atoms with Gasteiger partial charge in [0, 0.05) is 33.6 Å². The average Bonchev–Trinajstić information content (AvgIpc) is 3.46. The highest BCUT2D eigenvalue weighted by Crippen LogP contribution is 2.32. The minimum absolute atomic E-state index is 0.0472. The van der Waals surface area contributed by atoms with Crippen molar-refractivity contribution < 1.29 is 23.8 Å². The quantitative estimate of drug-likeness (QED) is 0.460. The fraction of sp³-hybridized carbons (Fsp3) is 0.409. The molecule has 0 spiro atoms. The standard InChI is InChI=1S/C22H25N5O7/c1-13(20(29)23-10-14-6-7-15-16(9-14)33-12-32-15)34-17(28)5-4-8-27-11-24-19-18(27)21(30)26(3)22(31)25(19)2/h6-7,9,11,13H,4-5,8,10,12H2,1-3H3,(H,23,29)/t13-/m0/s1. The lowest BCUT2D eigenvalue weighted by atomic mass is 10.2. The number of carbonyl (C=O) groups excluding carboxylic acids is 2. The predicted molar refractivity (Wildman–Crippen MR) is 119 cm³/mol. The molecule has 2 aromatic heterocycles. The summed E-state index contributed by atoms with van der Waals surface area (Å²) in [4.78, 5) is 53.1. The third-order valence-corrected chi connectivity index (χ3v) is 5.58. The molecule has 1 amide bonds. The van der Waals surface area contributed by atoms with Crippen LogP contribution in [0.4, 0.5) is 0 Å². The Morgan fingerprint density at radius 1 is 1.18 bits per heavy atom. The van der Waals surface area contributed by atoms with E-state index in [0.29, 0.717) is 24.5 Å². The van der Waals surface area contributed by atoms with Crippen LogP contribution in [0.15, 0.2) is 34.1 Å². The molecule has 0 aliphatic carbocycles. The van der Waals surface area contributed by atoms with E-state index in [1.54, 1.807) is 16.7 Å². The van der Waals surface area contributed by atoms with Crippen LogP contribution in [0.3, 0.4) is 0 Å². The van der Waals surface area contributed by atoms with Crippen LogP contribution < -0.4 is 26.0 Å². The van der Waals surface area contributed by atoms with Gasteiger partial charge in [-0.3, -0.25) is 23.5 Å². The fourth-order valence-corrected chi connectivity index (χ4v) is 3.65. The lowest BCUT2D eigenvalue weighted by molar-refractivity contribution is -0.155. The van der Waals surface area contributed by atoms with Crippen LogP contribution in [0.2, 0.25) is 0 Å². The van der Waals surface area contributed by atoms with E-state index in [2.05, 4.69) is 10.3 Å². The number of hydrogen-bond donors (Lipinski definition) is 1. The number of aromatic nitrogens is 4. The molecule has 1 aliphatic heterocycles. The first kappa shape index (κ1) is 23.1. The van der Waals surface area contributed by atoms with Crippen molar-refractivity contribution in [3.8, 4) is 11.5 Å². The minimum atomic E-state index is -0.961. The molecule has 12 heteroatoms. The SMILES string of the molecule is C[C@H](OC(=O)CCCn1cnc2c1c(=O)n(C)c(=O)n2C)C(=O)NCc1ccc2c(c1)OCO2. The van der Waals surface area contributed by atoms with Crippen LogP contribution in [0.5, 0.6) is 11.5 Å². The Kier molecular flexibility index (Phi) is 6.39. The molecule has 1 N–H and O–H groups in total. The Balaban J connectivity index is 1.26. The molecule has 1 atom stereocenters. The van der Waals surface area contributed by atoms with Crippen molar-refractivity contribution in [2.75, 3.05) is 6.79 Å². The van der Waals surface area contributed by atoms with Crippen LogP contribution in [-0.4, -0.2) is 43.5 Å². The Morgan fingerprint density at radius 3 is 2.74 bits per heavy atom. The van der Waals surface area contributed by atoms with E-state index < -0.39 is 29.2 Å². The summed E-state index contributed by atoms with van der Waals surface area (Å²) in [6.07, 6.45) is 0.911. The van der Waals surface area contributed by atoms with Crippen molar-refractivity contribution in [1.82, 2.24) is 24.0 Å². The van der Waals surface area contributed by atoms with E-state index in [0.717, 1.165) is 10.1 Å². The predicted octanol–water partition coefficient (Wildman–Crippen LogP) is 0.191. The number of aryl methyl sites for hydroxylation is 2. The van der Waals surface area contributed by atoms with Crippen molar-refractivity contribution >= 4 is 23.0 Å². The van der Waals surface area contributed by atoms with Gasteiger partial charge in [-0.25, -0.2) is 9.78 Å². The molecule has 4 rings (SSSR count). The van der Waals surface area contributed by atoms with Gasteiger partial charge in [0.2, 0.25) is 6.79 Å². The molecule has 0 saturated heterocycles. The number of nitrogens with zero attached hydrogens (tertiary/aromatic N) is 4. The van der Waals surface area contributed by atoms with Crippen LogP contribution >= 0.6 is 0 Å². The third-order valence-electron chi connectivity index (χ3n) is 5.58. The number of carbonyl (C=O) groups is 2. The second-order valence-corrected chi connectivity index (χ2v) is 7.96. The van der Waals surface area contributed by atoms with Crippen LogP contribution in [0.1, 0.15) is 25.3 Å². The molecule has 0 fully saturated rings. The van der Waals surface area contributed by atoms with Crippen molar-refractivity contribution in [1.29, 1.82) is 0 Å². The summed E-state index contributed by atoms with van der Waals surface area (Å²) in [6, 6.07) is 5.37. The second-order valence-electron chi connectivity index (χ2n) is 7.96. The van der Waals surface area contributed by atoms with Crippen LogP contribution in [-0.2, 0) is 41.5 Å². The largest absolute Gasteiger partial charge is 0.454 e. The lowest BCUT2D eigenvalue weighted by Gasteiger charge is -2.14. The van der Waals surface area contributed by atoms with E-state index in [4.69, 9.17) is 14.2 Å². The maximum absolute atomic E-state index is 12.5. The maximum Gasteiger partial charge on any atom is 0.332 e. The first-order chi connectivity index (χ1) is 16.3. The topological polar surface area (TPSA) is 136 Å². The van der Waals surface area contributed by atoms with Gasteiger partial charge in [0.1, 0.15) is 0 Å². The van der Waals surface area contributed by atoms with Crippen LogP contribution in [0, 0.1) is 0 Å². The summed E-state index contributed by atoms with van der Waals surface area (Å²) in [6.45, 7) is 2.25. The number of nitrogens with one attached hydrogen (secondary N) is 1. The Morgan fingerprint density at radius 2 is 1.94 bits per heavy atom. The van der Waals surface area contributed by atoms with Crippen molar-refractivity contribution in [3.63, 3.8) is 0 Å². The summed E-state index contributed by atoms with van der Waals surface area (Å²) >= 11 is 0. The smallest absolute Gasteiger partial charge is 0.332 e. The first-order valence-corrected chi connectivity index (χ1v) is 10.7. The number of hydrogen-bond acceptors (Lipinski definition) is 8. The first-order valence-electron chi connectivity index (χ1n) is 10.7. The Bertz CT molecular complexity index is 1370. The van der Waals surface area contributed by atoms with Gasteiger partial charge in [0.15, 0.2) is 28.8 Å². The molecule has 3 heterocycles. The minimum Gasteiger partial charge on any atom is -0.454 e. The number of benzene rings is 1. The molecular formula is C22H25N5O7. The number of imidazole rings is 1. The number of amides is 1. The zero-order valence-electron chi connectivity index (χ0n) is 19.1. The summed E-state index contributed by atoms with van der Waals surface area (Å²) in [5.74, 6) is 0.328.